The lowest BCUT2D eigenvalue weighted by molar-refractivity contribution is 0.0955. The van der Waals surface area contributed by atoms with Crippen molar-refractivity contribution in [3.05, 3.63) is 113 Å². The highest BCUT2D eigenvalue weighted by Gasteiger charge is 2.11. The standard InChI is InChI=1S/C27H24ClN3O3/c1-2-33-26-17-20(13-14-25(26)34-19-21-9-3-5-11-23(21)28)18-29-30-27(32)22-10-4-6-12-24(22)31-15-7-8-16-31/h3-18H,2,19H2,1H3,(H,30,32)/b29-18-. The number of amides is 1. The molecule has 34 heavy (non-hydrogen) atoms. The first-order valence-corrected chi connectivity index (χ1v) is 11.2. The summed E-state index contributed by atoms with van der Waals surface area (Å²) >= 11 is 6.22. The number of hydrogen-bond donors (Lipinski definition) is 1. The Bertz CT molecular complexity index is 1290. The number of nitrogens with one attached hydrogen (secondary N) is 1. The van der Waals surface area contributed by atoms with Crippen molar-refractivity contribution >= 4 is 23.7 Å². The van der Waals surface area contributed by atoms with E-state index in [0.717, 1.165) is 16.8 Å². The molecule has 1 aromatic heterocycles. The van der Waals surface area contributed by atoms with Gasteiger partial charge in [0.25, 0.3) is 5.91 Å². The highest BCUT2D eigenvalue weighted by molar-refractivity contribution is 6.31. The third kappa shape index (κ3) is 5.66. The molecule has 4 rings (SSSR count). The maximum Gasteiger partial charge on any atom is 0.273 e. The zero-order valence-electron chi connectivity index (χ0n) is 18.6. The molecular formula is C27H24ClN3O3. The van der Waals surface area contributed by atoms with Crippen molar-refractivity contribution in [1.29, 1.82) is 0 Å². The fourth-order valence-electron chi connectivity index (χ4n) is 3.38. The Morgan fingerprint density at radius 3 is 2.53 bits per heavy atom. The number of para-hydroxylation sites is 1. The van der Waals surface area contributed by atoms with E-state index in [1.54, 1.807) is 12.3 Å². The highest BCUT2D eigenvalue weighted by atomic mass is 35.5. The van der Waals surface area contributed by atoms with Crippen LogP contribution in [0.15, 0.2) is 96.4 Å². The van der Waals surface area contributed by atoms with Crippen LogP contribution in [0.1, 0.15) is 28.4 Å². The van der Waals surface area contributed by atoms with E-state index in [1.807, 2.05) is 96.7 Å². The molecular weight excluding hydrogens is 450 g/mol. The van der Waals surface area contributed by atoms with Gasteiger partial charge in [-0.1, -0.05) is 41.9 Å². The third-order valence-corrected chi connectivity index (χ3v) is 5.39. The number of hydrazone groups is 1. The number of nitrogens with zero attached hydrogens (tertiary/aromatic N) is 2. The Balaban J connectivity index is 1.45. The molecule has 0 spiro atoms. The fourth-order valence-corrected chi connectivity index (χ4v) is 3.57. The van der Waals surface area contributed by atoms with Crippen LogP contribution in [0.3, 0.4) is 0 Å². The minimum Gasteiger partial charge on any atom is -0.490 e. The van der Waals surface area contributed by atoms with E-state index >= 15 is 0 Å². The maximum atomic E-state index is 12.7. The minimum absolute atomic E-state index is 0.301. The van der Waals surface area contributed by atoms with Crippen molar-refractivity contribution in [2.24, 2.45) is 5.10 Å². The Morgan fingerprint density at radius 2 is 1.74 bits per heavy atom. The number of hydrogen-bond acceptors (Lipinski definition) is 4. The molecule has 1 N–H and O–H groups in total. The van der Waals surface area contributed by atoms with Gasteiger partial charge in [0.2, 0.25) is 0 Å². The predicted molar refractivity (Wildman–Crippen MR) is 134 cm³/mol. The molecule has 0 radical (unpaired) electrons. The number of ether oxygens (including phenoxy) is 2. The number of benzene rings is 3. The highest BCUT2D eigenvalue weighted by Crippen LogP contribution is 2.29. The molecule has 1 amide bonds. The largest absolute Gasteiger partial charge is 0.490 e. The van der Waals surface area contributed by atoms with E-state index < -0.39 is 0 Å². The molecule has 0 aliphatic heterocycles. The van der Waals surface area contributed by atoms with Crippen LogP contribution in [0.5, 0.6) is 11.5 Å². The summed E-state index contributed by atoms with van der Waals surface area (Å²) in [4.78, 5) is 12.7. The second kappa shape index (κ2) is 11.2. The molecule has 0 saturated heterocycles. The van der Waals surface area contributed by atoms with Gasteiger partial charge in [-0.3, -0.25) is 4.79 Å². The summed E-state index contributed by atoms with van der Waals surface area (Å²) in [5, 5.41) is 4.78. The molecule has 0 unspecified atom stereocenters. The number of aromatic nitrogens is 1. The molecule has 0 fully saturated rings. The van der Waals surface area contributed by atoms with Gasteiger partial charge in [0.1, 0.15) is 6.61 Å². The van der Waals surface area contributed by atoms with Gasteiger partial charge in [-0.05, 0) is 61.0 Å². The first-order valence-electron chi connectivity index (χ1n) is 10.8. The second-order valence-corrected chi connectivity index (χ2v) is 7.73. The Hall–Kier alpha value is -4.03. The van der Waals surface area contributed by atoms with Gasteiger partial charge in [0.15, 0.2) is 11.5 Å². The summed E-state index contributed by atoms with van der Waals surface area (Å²) in [6, 6.07) is 24.2. The summed E-state index contributed by atoms with van der Waals surface area (Å²) in [5.41, 5.74) is 5.54. The average Bonchev–Trinajstić information content (AvgIpc) is 3.39. The van der Waals surface area contributed by atoms with E-state index in [2.05, 4.69) is 10.5 Å². The zero-order valence-corrected chi connectivity index (χ0v) is 19.4. The van der Waals surface area contributed by atoms with E-state index in [4.69, 9.17) is 21.1 Å². The molecule has 4 aromatic rings. The Morgan fingerprint density at radius 1 is 0.971 bits per heavy atom. The normalized spacial score (nSPS) is 10.9. The molecule has 0 aliphatic rings. The summed E-state index contributed by atoms with van der Waals surface area (Å²) in [5.74, 6) is 0.886. The van der Waals surface area contributed by atoms with Crippen LogP contribution < -0.4 is 14.9 Å². The van der Waals surface area contributed by atoms with Crippen molar-refractivity contribution in [3.63, 3.8) is 0 Å². The van der Waals surface area contributed by atoms with Gasteiger partial charge >= 0.3 is 0 Å². The first-order chi connectivity index (χ1) is 16.7. The lowest BCUT2D eigenvalue weighted by atomic mass is 10.1. The van der Waals surface area contributed by atoms with Crippen molar-refractivity contribution in [2.75, 3.05) is 6.61 Å². The van der Waals surface area contributed by atoms with E-state index in [0.29, 0.717) is 35.3 Å². The Labute approximate surface area is 203 Å². The van der Waals surface area contributed by atoms with E-state index in [9.17, 15) is 4.79 Å². The minimum atomic E-state index is -0.301. The molecule has 0 aliphatic carbocycles. The van der Waals surface area contributed by atoms with E-state index in [-0.39, 0.29) is 5.91 Å². The van der Waals surface area contributed by atoms with Crippen LogP contribution in [0, 0.1) is 0 Å². The topological polar surface area (TPSA) is 64.8 Å². The molecule has 6 nitrogen and oxygen atoms in total. The number of rotatable bonds is 9. The first kappa shape index (κ1) is 23.1. The van der Waals surface area contributed by atoms with Gasteiger partial charge in [0.05, 0.1) is 24.1 Å². The van der Waals surface area contributed by atoms with Crippen molar-refractivity contribution in [1.82, 2.24) is 9.99 Å². The quantitative estimate of drug-likeness (QED) is 0.244. The van der Waals surface area contributed by atoms with Gasteiger partial charge in [-0.15, -0.1) is 0 Å². The molecule has 1 heterocycles. The van der Waals surface area contributed by atoms with Crippen molar-refractivity contribution in [2.45, 2.75) is 13.5 Å². The fraction of sp³-hybridized carbons (Fsp3) is 0.111. The molecule has 172 valence electrons. The number of carbonyl (C=O) groups excluding carboxylic acids is 1. The lowest BCUT2D eigenvalue weighted by Gasteiger charge is -2.13. The molecule has 3 aromatic carbocycles. The van der Waals surface area contributed by atoms with Crippen LogP contribution >= 0.6 is 11.6 Å². The van der Waals surface area contributed by atoms with Gasteiger partial charge < -0.3 is 14.0 Å². The maximum absolute atomic E-state index is 12.7. The summed E-state index contributed by atoms with van der Waals surface area (Å²) in [6.07, 6.45) is 5.34. The van der Waals surface area contributed by atoms with Crippen molar-refractivity contribution in [3.8, 4) is 17.2 Å². The smallest absolute Gasteiger partial charge is 0.273 e. The van der Waals surface area contributed by atoms with Crippen LogP contribution in [0.4, 0.5) is 0 Å². The second-order valence-electron chi connectivity index (χ2n) is 7.33. The predicted octanol–water partition coefficient (Wildman–Crippen LogP) is 5.87. The van der Waals surface area contributed by atoms with Crippen LogP contribution in [-0.4, -0.2) is 23.3 Å². The summed E-state index contributed by atoms with van der Waals surface area (Å²) < 4.78 is 13.6. The van der Waals surface area contributed by atoms with Crippen LogP contribution in [-0.2, 0) is 6.61 Å². The zero-order chi connectivity index (χ0) is 23.8. The van der Waals surface area contributed by atoms with E-state index in [1.165, 1.54) is 0 Å². The monoisotopic (exact) mass is 473 g/mol. The third-order valence-electron chi connectivity index (χ3n) is 5.02. The average molecular weight is 474 g/mol. The summed E-state index contributed by atoms with van der Waals surface area (Å²) in [7, 11) is 0. The molecule has 0 atom stereocenters. The summed E-state index contributed by atoms with van der Waals surface area (Å²) in [6.45, 7) is 2.71. The molecule has 7 heteroatoms. The lowest BCUT2D eigenvalue weighted by Crippen LogP contribution is -2.19. The number of halogens is 1. The molecule has 0 bridgehead atoms. The Kier molecular flexibility index (Phi) is 7.63. The van der Waals surface area contributed by atoms with Crippen LogP contribution in [0.25, 0.3) is 5.69 Å². The number of carbonyl (C=O) groups is 1. The van der Waals surface area contributed by atoms with Crippen molar-refractivity contribution < 1.29 is 14.3 Å². The van der Waals surface area contributed by atoms with Gasteiger partial charge in [-0.25, -0.2) is 5.43 Å². The SMILES string of the molecule is CCOc1cc(/C=N\NC(=O)c2ccccc2-n2cccc2)ccc1OCc1ccccc1Cl. The van der Waals surface area contributed by atoms with Crippen LogP contribution in [0.2, 0.25) is 5.02 Å². The van der Waals surface area contributed by atoms with Gasteiger partial charge in [-0.2, -0.15) is 5.10 Å². The molecule has 0 saturated carbocycles. The van der Waals surface area contributed by atoms with Gasteiger partial charge in [0, 0.05) is 23.0 Å².